The second kappa shape index (κ2) is 8.35. The van der Waals surface area contributed by atoms with Gasteiger partial charge in [-0.1, -0.05) is 17.8 Å². The van der Waals surface area contributed by atoms with Crippen molar-refractivity contribution in [2.45, 2.75) is 30.3 Å². The number of aliphatic carboxylic acids is 1. The molecule has 2 aromatic rings. The number of aromatic nitrogens is 3. The highest BCUT2D eigenvalue weighted by Crippen LogP contribution is 2.31. The van der Waals surface area contributed by atoms with Crippen molar-refractivity contribution in [2.24, 2.45) is 0 Å². The first-order valence-electron chi connectivity index (χ1n) is 8.34. The lowest BCUT2D eigenvalue weighted by molar-refractivity contribution is -0.136. The van der Waals surface area contributed by atoms with Crippen LogP contribution in [0.3, 0.4) is 0 Å². The molecule has 0 amide bonds. The molecule has 8 heteroatoms. The quantitative estimate of drug-likeness (QED) is 0.731. The highest BCUT2D eigenvalue weighted by atomic mass is 32.2. The van der Waals surface area contributed by atoms with Gasteiger partial charge < -0.3 is 15.2 Å². The first kappa shape index (κ1) is 17.8. The van der Waals surface area contributed by atoms with Gasteiger partial charge in [-0.3, -0.25) is 9.36 Å². The van der Waals surface area contributed by atoms with Gasteiger partial charge >= 0.3 is 5.97 Å². The van der Waals surface area contributed by atoms with Crippen LogP contribution >= 0.6 is 11.8 Å². The average molecular weight is 362 g/mol. The van der Waals surface area contributed by atoms with E-state index in [9.17, 15) is 4.79 Å². The third-order valence-electron chi connectivity index (χ3n) is 4.22. The predicted molar refractivity (Wildman–Crippen MR) is 95.7 cm³/mol. The van der Waals surface area contributed by atoms with Crippen LogP contribution in [0.25, 0.3) is 5.69 Å². The Morgan fingerprint density at radius 3 is 2.92 bits per heavy atom. The molecule has 2 heterocycles. The Bertz CT molecular complexity index is 728. The molecule has 0 spiro atoms. The van der Waals surface area contributed by atoms with Crippen LogP contribution in [0.15, 0.2) is 29.4 Å². The Labute approximate surface area is 150 Å². The molecule has 0 saturated carbocycles. The molecule has 0 aliphatic carbocycles. The van der Waals surface area contributed by atoms with E-state index in [0.717, 1.165) is 48.3 Å². The number of nitrogens with one attached hydrogen (secondary N) is 1. The van der Waals surface area contributed by atoms with Crippen molar-refractivity contribution in [1.82, 2.24) is 20.1 Å². The van der Waals surface area contributed by atoms with Crippen molar-refractivity contribution in [2.75, 3.05) is 26.0 Å². The molecule has 0 radical (unpaired) electrons. The molecule has 0 atom stereocenters. The van der Waals surface area contributed by atoms with Gasteiger partial charge in [0.2, 0.25) is 0 Å². The van der Waals surface area contributed by atoms with Gasteiger partial charge in [-0.15, -0.1) is 10.2 Å². The lowest BCUT2D eigenvalue weighted by atomic mass is 9.97. The normalized spacial score (nSPS) is 15.2. The molecule has 3 rings (SSSR count). The van der Waals surface area contributed by atoms with Gasteiger partial charge in [-0.25, -0.2) is 0 Å². The molecule has 1 aromatic heterocycles. The van der Waals surface area contributed by atoms with Crippen LogP contribution in [0.4, 0.5) is 0 Å². The predicted octanol–water partition coefficient (Wildman–Crippen LogP) is 2.31. The van der Waals surface area contributed by atoms with Crippen molar-refractivity contribution >= 4 is 17.7 Å². The minimum Gasteiger partial charge on any atom is -0.497 e. The zero-order valence-electron chi connectivity index (χ0n) is 14.1. The van der Waals surface area contributed by atoms with Crippen LogP contribution < -0.4 is 10.1 Å². The van der Waals surface area contributed by atoms with Crippen molar-refractivity contribution in [3.8, 4) is 11.4 Å². The summed E-state index contributed by atoms with van der Waals surface area (Å²) < 4.78 is 7.39. The summed E-state index contributed by atoms with van der Waals surface area (Å²) in [6, 6.07) is 7.79. The zero-order chi connectivity index (χ0) is 17.6. The molecule has 1 saturated heterocycles. The fourth-order valence-corrected chi connectivity index (χ4v) is 3.83. The lowest BCUT2D eigenvalue weighted by Gasteiger charge is -2.23. The van der Waals surface area contributed by atoms with Crippen molar-refractivity contribution < 1.29 is 14.6 Å². The molecular formula is C17H22N4O3S. The van der Waals surface area contributed by atoms with Gasteiger partial charge in [0.05, 0.1) is 19.2 Å². The van der Waals surface area contributed by atoms with Crippen molar-refractivity contribution in [3.63, 3.8) is 0 Å². The van der Waals surface area contributed by atoms with E-state index in [4.69, 9.17) is 9.84 Å². The zero-order valence-corrected chi connectivity index (χ0v) is 15.0. The Balaban J connectivity index is 1.94. The summed E-state index contributed by atoms with van der Waals surface area (Å²) in [5.41, 5.74) is 0.940. The van der Waals surface area contributed by atoms with Crippen LogP contribution in [0.5, 0.6) is 5.75 Å². The second-order valence-electron chi connectivity index (χ2n) is 5.89. The summed E-state index contributed by atoms with van der Waals surface area (Å²) in [4.78, 5) is 10.8. The van der Waals surface area contributed by atoms with E-state index in [0.29, 0.717) is 11.7 Å². The van der Waals surface area contributed by atoms with E-state index < -0.39 is 5.97 Å². The Morgan fingerprint density at radius 1 is 1.40 bits per heavy atom. The van der Waals surface area contributed by atoms with Gasteiger partial charge in [0.1, 0.15) is 11.6 Å². The second-order valence-corrected chi connectivity index (χ2v) is 6.96. The largest absolute Gasteiger partial charge is 0.497 e. The standard InChI is InChI=1S/C17H22N4O3S/c1-24-14-4-2-3-13(11-14)21-16(12-5-8-18-9-6-12)19-20-17(21)25-10-7-15(22)23/h2-4,11-12,18H,5-10H2,1H3,(H,22,23). The topological polar surface area (TPSA) is 89.3 Å². The van der Waals surface area contributed by atoms with E-state index in [1.54, 1.807) is 7.11 Å². The highest BCUT2D eigenvalue weighted by molar-refractivity contribution is 7.99. The number of piperidine rings is 1. The molecular weight excluding hydrogens is 340 g/mol. The van der Waals surface area contributed by atoms with Gasteiger partial charge in [-0.05, 0) is 38.1 Å². The summed E-state index contributed by atoms with van der Waals surface area (Å²) in [6.07, 6.45) is 2.13. The number of rotatable bonds is 7. The van der Waals surface area contributed by atoms with Crippen LogP contribution in [0.2, 0.25) is 0 Å². The minimum atomic E-state index is -0.807. The Hall–Kier alpha value is -2.06. The summed E-state index contributed by atoms with van der Waals surface area (Å²) in [7, 11) is 1.64. The van der Waals surface area contributed by atoms with Gasteiger partial charge in [-0.2, -0.15) is 0 Å². The fraction of sp³-hybridized carbons (Fsp3) is 0.471. The summed E-state index contributed by atoms with van der Waals surface area (Å²) in [5.74, 6) is 1.70. The van der Waals surface area contributed by atoms with Crippen LogP contribution in [-0.4, -0.2) is 51.8 Å². The van der Waals surface area contributed by atoms with Gasteiger partial charge in [0.25, 0.3) is 0 Å². The number of benzene rings is 1. The van der Waals surface area contributed by atoms with Gasteiger partial charge in [0.15, 0.2) is 5.16 Å². The van der Waals surface area contributed by atoms with Crippen LogP contribution in [-0.2, 0) is 4.79 Å². The molecule has 0 bridgehead atoms. The number of carboxylic acid groups (broad SMARTS) is 1. The maximum absolute atomic E-state index is 10.8. The number of ether oxygens (including phenoxy) is 1. The lowest BCUT2D eigenvalue weighted by Crippen LogP contribution is -2.28. The molecule has 1 aliphatic rings. The van der Waals surface area contributed by atoms with Crippen molar-refractivity contribution in [3.05, 3.63) is 30.1 Å². The number of carbonyl (C=O) groups is 1. The smallest absolute Gasteiger partial charge is 0.304 e. The maximum atomic E-state index is 10.8. The average Bonchev–Trinajstić information content (AvgIpc) is 3.06. The summed E-state index contributed by atoms with van der Waals surface area (Å²) in [5, 5.41) is 21.8. The number of thioether (sulfide) groups is 1. The number of nitrogens with zero attached hydrogens (tertiary/aromatic N) is 3. The first-order valence-corrected chi connectivity index (χ1v) is 9.32. The van der Waals surface area contributed by atoms with Crippen LogP contribution in [0.1, 0.15) is 31.0 Å². The molecule has 1 aromatic carbocycles. The van der Waals surface area contributed by atoms with E-state index in [1.165, 1.54) is 11.8 Å². The van der Waals surface area contributed by atoms with Gasteiger partial charge in [0, 0.05) is 17.7 Å². The van der Waals surface area contributed by atoms with E-state index in [2.05, 4.69) is 15.5 Å². The number of hydrogen-bond acceptors (Lipinski definition) is 6. The number of carboxylic acids is 1. The fourth-order valence-electron chi connectivity index (χ4n) is 2.94. The maximum Gasteiger partial charge on any atom is 0.304 e. The third-order valence-corrected chi connectivity index (χ3v) is 5.15. The number of hydrogen-bond donors (Lipinski definition) is 2. The first-order chi connectivity index (χ1) is 12.2. The minimum absolute atomic E-state index is 0.0956. The van der Waals surface area contributed by atoms with Crippen LogP contribution in [0, 0.1) is 0 Å². The highest BCUT2D eigenvalue weighted by Gasteiger charge is 2.24. The molecule has 1 fully saturated rings. The summed E-state index contributed by atoms with van der Waals surface area (Å²) in [6.45, 7) is 1.94. The van der Waals surface area contributed by atoms with Crippen molar-refractivity contribution in [1.29, 1.82) is 0 Å². The molecule has 0 unspecified atom stereocenters. The summed E-state index contributed by atoms with van der Waals surface area (Å²) >= 11 is 1.42. The molecule has 7 nitrogen and oxygen atoms in total. The Morgan fingerprint density at radius 2 is 2.20 bits per heavy atom. The SMILES string of the molecule is COc1cccc(-n2c(SCCC(=O)O)nnc2C2CCNCC2)c1. The van der Waals surface area contributed by atoms with E-state index >= 15 is 0 Å². The molecule has 2 N–H and O–H groups in total. The van der Waals surface area contributed by atoms with E-state index in [1.807, 2.05) is 28.8 Å². The molecule has 134 valence electrons. The molecule has 1 aliphatic heterocycles. The number of methoxy groups -OCH3 is 1. The Kier molecular flexibility index (Phi) is 5.93. The molecule has 25 heavy (non-hydrogen) atoms. The third kappa shape index (κ3) is 4.32. The van der Waals surface area contributed by atoms with E-state index in [-0.39, 0.29) is 6.42 Å². The monoisotopic (exact) mass is 362 g/mol.